The molecule has 2 aromatic rings. The van der Waals surface area contributed by atoms with Gasteiger partial charge in [0.15, 0.2) is 0 Å². The number of halogens is 1. The molecule has 0 N–H and O–H groups in total. The third-order valence-corrected chi connectivity index (χ3v) is 3.03. The van der Waals surface area contributed by atoms with Crippen molar-refractivity contribution < 1.29 is 14.3 Å². The van der Waals surface area contributed by atoms with Crippen LogP contribution in [0.25, 0.3) is 11.1 Å². The van der Waals surface area contributed by atoms with Crippen LogP contribution in [0.4, 0.5) is 0 Å². The van der Waals surface area contributed by atoms with E-state index < -0.39 is 5.24 Å². The lowest BCUT2D eigenvalue weighted by Crippen LogP contribution is -1.94. The maximum absolute atomic E-state index is 11.3. The first-order valence-corrected chi connectivity index (χ1v) is 7.06. The molecule has 21 heavy (non-hydrogen) atoms. The van der Waals surface area contributed by atoms with E-state index in [0.717, 1.165) is 16.9 Å². The summed E-state index contributed by atoms with van der Waals surface area (Å²) in [6.45, 7) is 4.00. The molecule has 0 atom stereocenters. The van der Waals surface area contributed by atoms with Crippen LogP contribution in [0.3, 0.4) is 0 Å². The van der Waals surface area contributed by atoms with Crippen molar-refractivity contribution in [2.75, 3.05) is 14.2 Å². The Labute approximate surface area is 130 Å². The number of hydrogen-bond donors (Lipinski definition) is 0. The molecule has 0 amide bonds. The Kier molecular flexibility index (Phi) is 6.76. The van der Waals surface area contributed by atoms with Gasteiger partial charge in [0.2, 0.25) is 0 Å². The van der Waals surface area contributed by atoms with Crippen molar-refractivity contribution in [1.82, 2.24) is 0 Å². The Balaban J connectivity index is 0.00000106. The molecule has 0 bridgehead atoms. The van der Waals surface area contributed by atoms with Crippen molar-refractivity contribution >= 4 is 16.8 Å². The van der Waals surface area contributed by atoms with Gasteiger partial charge in [0.05, 0.1) is 14.2 Å². The van der Waals surface area contributed by atoms with Crippen LogP contribution in [-0.4, -0.2) is 19.5 Å². The molecule has 4 heteroatoms. The highest BCUT2D eigenvalue weighted by Crippen LogP contribution is 2.33. The highest BCUT2D eigenvalue weighted by Gasteiger charge is 2.10. The van der Waals surface area contributed by atoms with Gasteiger partial charge in [0.1, 0.15) is 11.5 Å². The number of ether oxygens (including phenoxy) is 2. The van der Waals surface area contributed by atoms with Crippen molar-refractivity contribution in [2.45, 2.75) is 13.8 Å². The minimum Gasteiger partial charge on any atom is -0.497 e. The average molecular weight is 307 g/mol. The predicted octanol–water partition coefficient (Wildman–Crippen LogP) is 4.78. The molecule has 0 fully saturated rings. The van der Waals surface area contributed by atoms with Gasteiger partial charge >= 0.3 is 0 Å². The van der Waals surface area contributed by atoms with Crippen LogP contribution in [0.5, 0.6) is 11.5 Å². The van der Waals surface area contributed by atoms with Gasteiger partial charge in [0, 0.05) is 11.1 Å². The van der Waals surface area contributed by atoms with Gasteiger partial charge in [0.25, 0.3) is 5.24 Å². The summed E-state index contributed by atoms with van der Waals surface area (Å²) in [7, 11) is 3.19. The van der Waals surface area contributed by atoms with E-state index in [4.69, 9.17) is 21.1 Å². The minimum atomic E-state index is -0.494. The fourth-order valence-corrected chi connectivity index (χ4v) is 1.96. The van der Waals surface area contributed by atoms with Crippen molar-refractivity contribution in [2.24, 2.45) is 0 Å². The lowest BCUT2D eigenvalue weighted by Gasteiger charge is -2.10. The Morgan fingerprint density at radius 1 is 1.00 bits per heavy atom. The SMILES string of the molecule is CC.COc1cccc(-c2cc(C(=O)Cl)ccc2OC)c1. The average Bonchev–Trinajstić information content (AvgIpc) is 2.56. The number of hydrogen-bond acceptors (Lipinski definition) is 3. The van der Waals surface area contributed by atoms with Crippen molar-refractivity contribution in [3.05, 3.63) is 48.0 Å². The van der Waals surface area contributed by atoms with Gasteiger partial charge in [-0.2, -0.15) is 0 Å². The van der Waals surface area contributed by atoms with E-state index in [-0.39, 0.29) is 0 Å². The van der Waals surface area contributed by atoms with E-state index in [2.05, 4.69) is 0 Å². The number of carbonyl (C=O) groups is 1. The monoisotopic (exact) mass is 306 g/mol. The summed E-state index contributed by atoms with van der Waals surface area (Å²) >= 11 is 5.51. The van der Waals surface area contributed by atoms with Gasteiger partial charge in [-0.05, 0) is 47.5 Å². The number of carbonyl (C=O) groups excluding carboxylic acids is 1. The molecular weight excluding hydrogens is 288 g/mol. The van der Waals surface area contributed by atoms with Crippen LogP contribution in [0.2, 0.25) is 0 Å². The number of benzene rings is 2. The van der Waals surface area contributed by atoms with Crippen LogP contribution >= 0.6 is 11.6 Å². The van der Waals surface area contributed by atoms with Gasteiger partial charge in [-0.1, -0.05) is 26.0 Å². The highest BCUT2D eigenvalue weighted by molar-refractivity contribution is 6.67. The summed E-state index contributed by atoms with van der Waals surface area (Å²) in [5.74, 6) is 1.41. The standard InChI is InChI=1S/C15H13ClO3.C2H6/c1-18-12-5-3-4-10(8-12)13-9-11(15(16)17)6-7-14(13)19-2;1-2/h3-9H,1-2H3;1-2H3. The van der Waals surface area contributed by atoms with Crippen molar-refractivity contribution in [3.8, 4) is 22.6 Å². The molecule has 0 saturated carbocycles. The van der Waals surface area contributed by atoms with E-state index in [9.17, 15) is 4.79 Å². The van der Waals surface area contributed by atoms with Crippen molar-refractivity contribution in [3.63, 3.8) is 0 Å². The van der Waals surface area contributed by atoms with Crippen LogP contribution < -0.4 is 9.47 Å². The fourth-order valence-electron chi connectivity index (χ4n) is 1.85. The second-order valence-corrected chi connectivity index (χ2v) is 4.26. The molecular formula is C17H19ClO3. The molecule has 0 spiro atoms. The lowest BCUT2D eigenvalue weighted by atomic mass is 10.0. The highest BCUT2D eigenvalue weighted by atomic mass is 35.5. The molecule has 0 saturated heterocycles. The second-order valence-electron chi connectivity index (χ2n) is 3.92. The Morgan fingerprint density at radius 2 is 1.71 bits per heavy atom. The van der Waals surface area contributed by atoms with Crippen LogP contribution in [0.1, 0.15) is 24.2 Å². The molecule has 0 heterocycles. The quantitative estimate of drug-likeness (QED) is 0.763. The van der Waals surface area contributed by atoms with Crippen molar-refractivity contribution in [1.29, 1.82) is 0 Å². The van der Waals surface area contributed by atoms with Gasteiger partial charge in [-0.15, -0.1) is 0 Å². The lowest BCUT2D eigenvalue weighted by molar-refractivity contribution is 0.108. The zero-order chi connectivity index (χ0) is 15.8. The summed E-state index contributed by atoms with van der Waals surface area (Å²) < 4.78 is 10.5. The maximum atomic E-state index is 11.3. The molecule has 0 aliphatic heterocycles. The number of methoxy groups -OCH3 is 2. The van der Waals surface area contributed by atoms with E-state index in [1.807, 2.05) is 38.1 Å². The third kappa shape index (κ3) is 4.23. The summed E-state index contributed by atoms with van der Waals surface area (Å²) in [6, 6.07) is 12.6. The molecule has 0 radical (unpaired) electrons. The van der Waals surface area contributed by atoms with Crippen LogP contribution in [-0.2, 0) is 0 Å². The Bertz CT molecular complexity index is 609. The summed E-state index contributed by atoms with van der Waals surface area (Å²) in [5.41, 5.74) is 2.13. The van der Waals surface area contributed by atoms with Crippen LogP contribution in [0, 0.1) is 0 Å². The summed E-state index contributed by atoms with van der Waals surface area (Å²) in [4.78, 5) is 11.3. The molecule has 0 aromatic heterocycles. The normalized spacial score (nSPS) is 9.38. The Morgan fingerprint density at radius 3 is 2.29 bits per heavy atom. The van der Waals surface area contributed by atoms with E-state index in [0.29, 0.717) is 11.3 Å². The van der Waals surface area contributed by atoms with Crippen LogP contribution in [0.15, 0.2) is 42.5 Å². The first-order valence-electron chi connectivity index (χ1n) is 6.68. The smallest absolute Gasteiger partial charge is 0.252 e. The number of rotatable bonds is 4. The predicted molar refractivity (Wildman–Crippen MR) is 86.5 cm³/mol. The zero-order valence-electron chi connectivity index (χ0n) is 12.6. The van der Waals surface area contributed by atoms with E-state index in [1.165, 1.54) is 0 Å². The third-order valence-electron chi connectivity index (χ3n) is 2.81. The fraction of sp³-hybridized carbons (Fsp3) is 0.235. The molecule has 2 rings (SSSR count). The van der Waals surface area contributed by atoms with Gasteiger partial charge < -0.3 is 9.47 Å². The summed E-state index contributed by atoms with van der Waals surface area (Å²) in [6.07, 6.45) is 0. The topological polar surface area (TPSA) is 35.5 Å². The molecule has 2 aromatic carbocycles. The molecule has 0 aliphatic carbocycles. The first kappa shape index (κ1) is 17.1. The molecule has 112 valence electrons. The van der Waals surface area contributed by atoms with E-state index in [1.54, 1.807) is 32.4 Å². The van der Waals surface area contributed by atoms with Gasteiger partial charge in [-0.25, -0.2) is 0 Å². The Hall–Kier alpha value is -2.00. The minimum absolute atomic E-state index is 0.431. The molecule has 3 nitrogen and oxygen atoms in total. The summed E-state index contributed by atoms with van der Waals surface area (Å²) in [5, 5.41) is -0.494. The second kappa shape index (κ2) is 8.32. The van der Waals surface area contributed by atoms with Gasteiger partial charge in [-0.3, -0.25) is 4.79 Å². The zero-order valence-corrected chi connectivity index (χ0v) is 13.4. The molecule has 0 aliphatic rings. The largest absolute Gasteiger partial charge is 0.497 e. The maximum Gasteiger partial charge on any atom is 0.252 e. The first-order chi connectivity index (χ1) is 10.2. The van der Waals surface area contributed by atoms with E-state index >= 15 is 0 Å². The molecule has 0 unspecified atom stereocenters.